The van der Waals surface area contributed by atoms with E-state index in [0.717, 1.165) is 5.69 Å². The van der Waals surface area contributed by atoms with Crippen molar-refractivity contribution in [2.24, 2.45) is 0 Å². The summed E-state index contributed by atoms with van der Waals surface area (Å²) < 4.78 is 15.4. The lowest BCUT2D eigenvalue weighted by molar-refractivity contribution is -0.116. The van der Waals surface area contributed by atoms with Gasteiger partial charge in [-0.25, -0.2) is 4.98 Å². The number of carbonyl (C=O) groups is 1. The van der Waals surface area contributed by atoms with Crippen molar-refractivity contribution in [1.82, 2.24) is 4.98 Å². The molecule has 0 aliphatic rings. The molecule has 1 aromatic heterocycles. The molecule has 6 nitrogen and oxygen atoms in total. The highest BCUT2D eigenvalue weighted by molar-refractivity contribution is 5.91. The lowest BCUT2D eigenvalue weighted by Crippen LogP contribution is -2.12. The summed E-state index contributed by atoms with van der Waals surface area (Å²) in [5.74, 6) is 1.70. The predicted octanol–water partition coefficient (Wildman–Crippen LogP) is 2.57. The Kier molecular flexibility index (Phi) is 4.81. The second-order valence-electron chi connectivity index (χ2n) is 4.48. The van der Waals surface area contributed by atoms with Crippen LogP contribution in [0.5, 0.6) is 11.5 Å². The van der Waals surface area contributed by atoms with Crippen LogP contribution in [0.15, 0.2) is 28.9 Å². The van der Waals surface area contributed by atoms with Gasteiger partial charge >= 0.3 is 0 Å². The van der Waals surface area contributed by atoms with Crippen molar-refractivity contribution < 1.29 is 18.7 Å². The minimum atomic E-state index is -0.0946. The quantitative estimate of drug-likeness (QED) is 0.885. The Morgan fingerprint density at radius 3 is 2.67 bits per heavy atom. The summed E-state index contributed by atoms with van der Waals surface area (Å²) in [7, 11) is 3.12. The molecule has 2 aromatic rings. The Morgan fingerprint density at radius 2 is 2.05 bits per heavy atom. The number of hydrogen-bond donors (Lipinski definition) is 1. The zero-order valence-corrected chi connectivity index (χ0v) is 12.3. The van der Waals surface area contributed by atoms with E-state index in [2.05, 4.69) is 10.3 Å². The molecule has 0 aliphatic carbocycles. The number of oxazole rings is 1. The largest absolute Gasteiger partial charge is 0.493 e. The molecule has 1 heterocycles. The van der Waals surface area contributed by atoms with E-state index in [4.69, 9.17) is 13.9 Å². The van der Waals surface area contributed by atoms with E-state index < -0.39 is 0 Å². The van der Waals surface area contributed by atoms with E-state index >= 15 is 0 Å². The first-order valence-corrected chi connectivity index (χ1v) is 6.55. The van der Waals surface area contributed by atoms with Gasteiger partial charge in [0.05, 0.1) is 19.9 Å². The van der Waals surface area contributed by atoms with E-state index in [-0.39, 0.29) is 5.91 Å². The fraction of sp³-hybridized carbons (Fsp3) is 0.333. The van der Waals surface area contributed by atoms with Crippen LogP contribution in [-0.2, 0) is 11.2 Å². The van der Waals surface area contributed by atoms with Gasteiger partial charge in [-0.15, -0.1) is 0 Å². The number of benzene rings is 1. The van der Waals surface area contributed by atoms with Crippen LogP contribution >= 0.6 is 0 Å². The topological polar surface area (TPSA) is 73.6 Å². The number of nitrogens with one attached hydrogen (secondary N) is 1. The molecular formula is C15H18N2O4. The summed E-state index contributed by atoms with van der Waals surface area (Å²) in [6, 6.07) is 5.23. The van der Waals surface area contributed by atoms with E-state index in [1.54, 1.807) is 45.6 Å². The first-order chi connectivity index (χ1) is 10.1. The number of carbonyl (C=O) groups excluding carboxylic acids is 1. The van der Waals surface area contributed by atoms with E-state index in [0.29, 0.717) is 35.9 Å². The highest BCUT2D eigenvalue weighted by atomic mass is 16.5. The van der Waals surface area contributed by atoms with Gasteiger partial charge in [-0.3, -0.25) is 4.79 Å². The number of methoxy groups -OCH3 is 2. The fourth-order valence-corrected chi connectivity index (χ4v) is 1.90. The minimum Gasteiger partial charge on any atom is -0.493 e. The van der Waals surface area contributed by atoms with E-state index in [9.17, 15) is 4.79 Å². The lowest BCUT2D eigenvalue weighted by atomic mass is 10.2. The highest BCUT2D eigenvalue weighted by Gasteiger charge is 2.09. The number of amides is 1. The minimum absolute atomic E-state index is 0.0946. The van der Waals surface area contributed by atoms with Gasteiger partial charge in [-0.2, -0.15) is 0 Å². The summed E-state index contributed by atoms with van der Waals surface area (Å²) in [5, 5.41) is 2.81. The van der Waals surface area contributed by atoms with Crippen LogP contribution in [0.4, 0.5) is 5.69 Å². The molecule has 0 aliphatic heterocycles. The van der Waals surface area contributed by atoms with Crippen LogP contribution in [-0.4, -0.2) is 25.1 Å². The molecule has 112 valence electrons. The van der Waals surface area contributed by atoms with Gasteiger partial charge in [0.1, 0.15) is 6.26 Å². The second-order valence-corrected chi connectivity index (χ2v) is 4.48. The number of rotatable bonds is 6. The molecule has 1 aromatic carbocycles. The molecule has 0 bridgehead atoms. The maximum absolute atomic E-state index is 11.9. The van der Waals surface area contributed by atoms with Crippen LogP contribution in [0.25, 0.3) is 0 Å². The lowest BCUT2D eigenvalue weighted by Gasteiger charge is -2.10. The maximum Gasteiger partial charge on any atom is 0.224 e. The molecule has 21 heavy (non-hydrogen) atoms. The number of aryl methyl sites for hydroxylation is 2. The van der Waals surface area contributed by atoms with Gasteiger partial charge in [-0.05, 0) is 12.1 Å². The summed E-state index contributed by atoms with van der Waals surface area (Å²) >= 11 is 0. The Labute approximate surface area is 123 Å². The Hall–Kier alpha value is -2.50. The van der Waals surface area contributed by atoms with Gasteiger partial charge in [0.15, 0.2) is 17.4 Å². The first kappa shape index (κ1) is 14.9. The molecule has 0 saturated heterocycles. The molecular weight excluding hydrogens is 272 g/mol. The SMILES string of the molecule is COc1ccc(NC(=O)CCc2coc(C)n2)cc1OC. The van der Waals surface area contributed by atoms with E-state index in [1.165, 1.54) is 0 Å². The van der Waals surface area contributed by atoms with E-state index in [1.807, 2.05) is 0 Å². The fourth-order valence-electron chi connectivity index (χ4n) is 1.90. The van der Waals surface area contributed by atoms with Gasteiger partial charge in [0, 0.05) is 31.5 Å². The van der Waals surface area contributed by atoms with Crippen molar-refractivity contribution in [3.63, 3.8) is 0 Å². The highest BCUT2D eigenvalue weighted by Crippen LogP contribution is 2.29. The van der Waals surface area contributed by atoms with Crippen LogP contribution in [0, 0.1) is 6.92 Å². The smallest absolute Gasteiger partial charge is 0.224 e. The van der Waals surface area contributed by atoms with Crippen molar-refractivity contribution in [3.05, 3.63) is 36.0 Å². The zero-order valence-electron chi connectivity index (χ0n) is 12.3. The molecule has 0 atom stereocenters. The van der Waals surface area contributed by atoms with Gasteiger partial charge < -0.3 is 19.2 Å². The molecule has 0 saturated carbocycles. The van der Waals surface area contributed by atoms with Gasteiger partial charge in [0.2, 0.25) is 5.91 Å². The van der Waals surface area contributed by atoms with Gasteiger partial charge in [0.25, 0.3) is 0 Å². The van der Waals surface area contributed by atoms with Crippen molar-refractivity contribution in [3.8, 4) is 11.5 Å². The number of nitrogens with zero attached hydrogens (tertiary/aromatic N) is 1. The third-order valence-electron chi connectivity index (χ3n) is 2.94. The van der Waals surface area contributed by atoms with Crippen LogP contribution in [0.3, 0.4) is 0 Å². The van der Waals surface area contributed by atoms with Crippen molar-refractivity contribution in [2.75, 3.05) is 19.5 Å². The van der Waals surface area contributed by atoms with Crippen molar-refractivity contribution in [1.29, 1.82) is 0 Å². The van der Waals surface area contributed by atoms with Gasteiger partial charge in [-0.1, -0.05) is 0 Å². The average Bonchev–Trinajstić information content (AvgIpc) is 2.90. The summed E-state index contributed by atoms with van der Waals surface area (Å²) in [6.45, 7) is 1.77. The normalized spacial score (nSPS) is 10.2. The van der Waals surface area contributed by atoms with Crippen molar-refractivity contribution in [2.45, 2.75) is 19.8 Å². The molecule has 1 amide bonds. The standard InChI is InChI=1S/C15H18N2O4/c1-10-16-12(9-21-10)5-7-15(18)17-11-4-6-13(19-2)14(8-11)20-3/h4,6,8-9H,5,7H2,1-3H3,(H,17,18). The van der Waals surface area contributed by atoms with Crippen LogP contribution in [0.2, 0.25) is 0 Å². The predicted molar refractivity (Wildman–Crippen MR) is 77.7 cm³/mol. The monoisotopic (exact) mass is 290 g/mol. The number of anilines is 1. The Morgan fingerprint density at radius 1 is 1.29 bits per heavy atom. The third kappa shape index (κ3) is 3.98. The van der Waals surface area contributed by atoms with Crippen molar-refractivity contribution >= 4 is 11.6 Å². The average molecular weight is 290 g/mol. The summed E-state index contributed by atoms with van der Waals surface area (Å²) in [5.41, 5.74) is 1.43. The maximum atomic E-state index is 11.9. The number of ether oxygens (including phenoxy) is 2. The molecule has 0 unspecified atom stereocenters. The Balaban J connectivity index is 1.93. The molecule has 0 fully saturated rings. The number of hydrogen-bond acceptors (Lipinski definition) is 5. The third-order valence-corrected chi connectivity index (χ3v) is 2.94. The van der Waals surface area contributed by atoms with Crippen LogP contribution in [0.1, 0.15) is 18.0 Å². The summed E-state index contributed by atoms with van der Waals surface area (Å²) in [6.07, 6.45) is 2.44. The molecule has 6 heteroatoms. The number of aromatic nitrogens is 1. The first-order valence-electron chi connectivity index (χ1n) is 6.55. The second kappa shape index (κ2) is 6.78. The molecule has 0 spiro atoms. The zero-order chi connectivity index (χ0) is 15.2. The summed E-state index contributed by atoms with van der Waals surface area (Å²) in [4.78, 5) is 16.1. The molecule has 1 N–H and O–H groups in total. The molecule has 0 radical (unpaired) electrons. The Bertz CT molecular complexity index is 622. The van der Waals surface area contributed by atoms with Crippen LogP contribution < -0.4 is 14.8 Å². The molecule has 2 rings (SSSR count).